The van der Waals surface area contributed by atoms with Crippen LogP contribution in [-0.2, 0) is 10.8 Å². The quantitative estimate of drug-likeness (QED) is 0.179. The van der Waals surface area contributed by atoms with E-state index in [1.54, 1.807) is 0 Å². The van der Waals surface area contributed by atoms with E-state index < -0.39 is 0 Å². The first-order valence-corrected chi connectivity index (χ1v) is 22.5. The smallest absolute Gasteiger partial charge is 0.0930 e. The molecule has 4 aliphatic carbocycles. The molecule has 3 nitrogen and oxygen atoms in total. The van der Waals surface area contributed by atoms with E-state index in [0.717, 1.165) is 31.4 Å². The highest BCUT2D eigenvalue weighted by Gasteiger charge is 2.39. The third-order valence-corrected chi connectivity index (χ3v) is 13.7. The summed E-state index contributed by atoms with van der Waals surface area (Å²) < 4.78 is 0. The van der Waals surface area contributed by atoms with Gasteiger partial charge < -0.3 is 14.7 Å². The van der Waals surface area contributed by atoms with E-state index in [9.17, 15) is 0 Å². The Labute approximate surface area is 358 Å². The molecule has 0 spiro atoms. The van der Waals surface area contributed by atoms with Crippen LogP contribution in [0.3, 0.4) is 0 Å². The van der Waals surface area contributed by atoms with Gasteiger partial charge in [-0.15, -0.1) is 0 Å². The van der Waals surface area contributed by atoms with Crippen LogP contribution in [0.1, 0.15) is 118 Å². The van der Waals surface area contributed by atoms with Crippen LogP contribution < -0.4 is 9.80 Å². The molecule has 0 saturated carbocycles. The second-order valence-electron chi connectivity index (χ2n) is 19.5. The molecule has 0 N–H and O–H groups in total. The first-order valence-electron chi connectivity index (χ1n) is 22.5. The van der Waals surface area contributed by atoms with Crippen LogP contribution in [0.5, 0.6) is 0 Å². The van der Waals surface area contributed by atoms with Gasteiger partial charge in [-0.2, -0.15) is 0 Å². The Bertz CT molecular complexity index is 2210. The lowest BCUT2D eigenvalue weighted by Gasteiger charge is -2.46. The van der Waals surface area contributed by atoms with Gasteiger partial charge in [0.1, 0.15) is 0 Å². The SMILES string of the molecule is CCCN(C1=CC(C)C(C)C(N(c2cccc(N(C3C=CC=CC3)[C@]3(C)C=CC=CC3)c2)c2ccc3c(c2)C(C)(C)CCC3(C)C)=C1)C(C#Cc1ccccc1)C(C)C. The molecule has 0 aliphatic heterocycles. The lowest BCUT2D eigenvalue weighted by molar-refractivity contribution is 0.251. The van der Waals surface area contributed by atoms with E-state index in [0.29, 0.717) is 11.8 Å². The summed E-state index contributed by atoms with van der Waals surface area (Å²) in [5, 5.41) is 0. The zero-order chi connectivity index (χ0) is 42.0. The van der Waals surface area contributed by atoms with Crippen molar-refractivity contribution in [3.05, 3.63) is 162 Å². The summed E-state index contributed by atoms with van der Waals surface area (Å²) in [6.07, 6.45) is 28.7. The number of fused-ring (bicyclic) bond motifs is 1. The number of nitrogens with zero attached hydrogens (tertiary/aromatic N) is 3. The van der Waals surface area contributed by atoms with Crippen LogP contribution >= 0.6 is 0 Å². The first-order chi connectivity index (χ1) is 28.2. The first kappa shape index (κ1) is 42.2. The Balaban J connectivity index is 1.41. The molecule has 0 fully saturated rings. The third kappa shape index (κ3) is 8.84. The Morgan fingerprint density at radius 1 is 0.763 bits per heavy atom. The van der Waals surface area contributed by atoms with Crippen molar-refractivity contribution in [3.8, 4) is 11.8 Å². The van der Waals surface area contributed by atoms with E-state index in [-0.39, 0.29) is 34.4 Å². The number of anilines is 3. The second-order valence-corrected chi connectivity index (χ2v) is 19.5. The summed E-state index contributed by atoms with van der Waals surface area (Å²) in [5.74, 6) is 8.27. The predicted octanol–water partition coefficient (Wildman–Crippen LogP) is 14.0. The molecular weight excluding hydrogens is 715 g/mol. The average Bonchev–Trinajstić information content (AvgIpc) is 3.22. The maximum atomic E-state index is 3.75. The Morgan fingerprint density at radius 3 is 2.15 bits per heavy atom. The highest BCUT2D eigenvalue weighted by Crippen LogP contribution is 2.49. The monoisotopic (exact) mass is 784 g/mol. The molecule has 5 atom stereocenters. The van der Waals surface area contributed by atoms with Gasteiger partial charge in [-0.1, -0.05) is 159 Å². The molecule has 3 aromatic rings. The summed E-state index contributed by atoms with van der Waals surface area (Å²) in [7, 11) is 0. The summed E-state index contributed by atoms with van der Waals surface area (Å²) in [4.78, 5) is 7.89. The van der Waals surface area contributed by atoms with Crippen molar-refractivity contribution < 1.29 is 0 Å². The van der Waals surface area contributed by atoms with E-state index in [4.69, 9.17) is 0 Å². The highest BCUT2D eigenvalue weighted by molar-refractivity contribution is 5.75. The van der Waals surface area contributed by atoms with Gasteiger partial charge in [-0.05, 0) is 121 Å². The average molecular weight is 784 g/mol. The van der Waals surface area contributed by atoms with E-state index >= 15 is 0 Å². The molecule has 59 heavy (non-hydrogen) atoms. The van der Waals surface area contributed by atoms with Crippen molar-refractivity contribution in [2.45, 2.75) is 130 Å². The number of hydrogen-bond donors (Lipinski definition) is 0. The number of allylic oxidation sites excluding steroid dienone is 7. The van der Waals surface area contributed by atoms with Crippen molar-refractivity contribution in [1.29, 1.82) is 0 Å². The Hall–Kier alpha value is -4.94. The van der Waals surface area contributed by atoms with Crippen molar-refractivity contribution in [1.82, 2.24) is 4.90 Å². The van der Waals surface area contributed by atoms with Crippen LogP contribution in [-0.4, -0.2) is 29.1 Å². The fraction of sp³-hybridized carbons (Fsp3) is 0.429. The van der Waals surface area contributed by atoms with Gasteiger partial charge in [-0.3, -0.25) is 0 Å². The fourth-order valence-corrected chi connectivity index (χ4v) is 9.88. The molecule has 0 radical (unpaired) electrons. The minimum absolute atomic E-state index is 0.0764. The van der Waals surface area contributed by atoms with E-state index in [1.807, 2.05) is 0 Å². The van der Waals surface area contributed by atoms with Gasteiger partial charge >= 0.3 is 0 Å². The summed E-state index contributed by atoms with van der Waals surface area (Å²) >= 11 is 0. The number of hydrogen-bond acceptors (Lipinski definition) is 3. The van der Waals surface area contributed by atoms with Crippen molar-refractivity contribution in [3.63, 3.8) is 0 Å². The second kappa shape index (κ2) is 17.3. The molecule has 0 amide bonds. The van der Waals surface area contributed by atoms with E-state index in [1.165, 1.54) is 52.4 Å². The molecule has 7 rings (SSSR count). The molecule has 3 heteroatoms. The van der Waals surface area contributed by atoms with Crippen LogP contribution in [0, 0.1) is 29.6 Å². The molecule has 4 unspecified atom stereocenters. The lowest BCUT2D eigenvalue weighted by atomic mass is 9.63. The lowest BCUT2D eigenvalue weighted by Crippen LogP contribution is -2.51. The molecule has 4 aliphatic rings. The van der Waals surface area contributed by atoms with Gasteiger partial charge in [-0.25, -0.2) is 0 Å². The summed E-state index contributed by atoms with van der Waals surface area (Å²) in [6, 6.07) is 27.7. The van der Waals surface area contributed by atoms with Crippen molar-refractivity contribution in [2.24, 2.45) is 17.8 Å². The van der Waals surface area contributed by atoms with Crippen molar-refractivity contribution >= 4 is 17.1 Å². The molecule has 3 aromatic carbocycles. The molecule has 0 aromatic heterocycles. The van der Waals surface area contributed by atoms with Gasteiger partial charge in [0.25, 0.3) is 0 Å². The van der Waals surface area contributed by atoms with Crippen LogP contribution in [0.25, 0.3) is 0 Å². The Morgan fingerprint density at radius 2 is 1.47 bits per heavy atom. The summed E-state index contributed by atoms with van der Waals surface area (Å²) in [6.45, 7) is 24.9. The molecule has 0 saturated heterocycles. The molecule has 0 heterocycles. The number of benzene rings is 3. The summed E-state index contributed by atoms with van der Waals surface area (Å²) in [5.41, 5.74) is 10.4. The standard InChI is InChI=1S/C56H69N3/c1-11-36-57(52(41(2)3)31-28-44-22-15-12-16-23-44)49-37-42(4)43(5)53(40-49)58(47-29-30-50-51(39-47)55(8,9)35-34-54(50,6)7)46-26-21-27-48(38-46)59(45-24-17-13-18-25-45)56(10)32-19-14-20-33-56/h12-24,26-27,29-30,32,37-43,45,52H,11,25,33-36H2,1-10H3/t42?,43?,45?,52?,56-/m1/s1. The van der Waals surface area contributed by atoms with Gasteiger partial charge in [0.15, 0.2) is 0 Å². The largest absolute Gasteiger partial charge is 0.358 e. The van der Waals surface area contributed by atoms with Gasteiger partial charge in [0.05, 0.1) is 17.6 Å². The Kier molecular flexibility index (Phi) is 12.4. The molecular formula is C56H69N3. The zero-order valence-corrected chi connectivity index (χ0v) is 37.7. The highest BCUT2D eigenvalue weighted by atomic mass is 15.2. The maximum Gasteiger partial charge on any atom is 0.0930 e. The van der Waals surface area contributed by atoms with E-state index in [2.05, 4.69) is 229 Å². The minimum atomic E-state index is -0.158. The maximum absolute atomic E-state index is 3.75. The topological polar surface area (TPSA) is 9.72 Å². The van der Waals surface area contributed by atoms with Crippen LogP contribution in [0.15, 0.2) is 145 Å². The minimum Gasteiger partial charge on any atom is -0.358 e. The van der Waals surface area contributed by atoms with Gasteiger partial charge in [0, 0.05) is 46.5 Å². The number of rotatable bonds is 11. The molecule has 0 bridgehead atoms. The van der Waals surface area contributed by atoms with Crippen molar-refractivity contribution in [2.75, 3.05) is 16.3 Å². The van der Waals surface area contributed by atoms with Crippen LogP contribution in [0.4, 0.5) is 17.1 Å². The normalized spacial score (nSPS) is 24.4. The predicted molar refractivity (Wildman–Crippen MR) is 254 cm³/mol. The van der Waals surface area contributed by atoms with Crippen LogP contribution in [0.2, 0.25) is 0 Å². The van der Waals surface area contributed by atoms with Gasteiger partial charge in [0.2, 0.25) is 0 Å². The fourth-order valence-electron chi connectivity index (χ4n) is 9.88. The third-order valence-electron chi connectivity index (χ3n) is 13.7. The zero-order valence-electron chi connectivity index (χ0n) is 37.7. The molecule has 308 valence electrons.